The summed E-state index contributed by atoms with van der Waals surface area (Å²) >= 11 is 0. The fourth-order valence-electron chi connectivity index (χ4n) is 2.79. The number of aromatic hydroxyl groups is 1. The molecule has 3 aromatic carbocycles. The van der Waals surface area contributed by atoms with E-state index >= 15 is 0 Å². The Morgan fingerprint density at radius 2 is 1.61 bits per heavy atom. The van der Waals surface area contributed by atoms with Crippen molar-refractivity contribution in [1.82, 2.24) is 0 Å². The molecule has 28 heavy (non-hydrogen) atoms. The number of hydrogen-bond acceptors (Lipinski definition) is 4. The summed E-state index contributed by atoms with van der Waals surface area (Å²) in [5.74, 6) is -1.44. The van der Waals surface area contributed by atoms with Crippen LogP contribution in [-0.2, 0) is 9.53 Å². The van der Waals surface area contributed by atoms with Gasteiger partial charge in [0.25, 0.3) is 5.91 Å². The summed E-state index contributed by atoms with van der Waals surface area (Å²) in [6, 6.07) is 20.6. The van der Waals surface area contributed by atoms with Crippen molar-refractivity contribution in [3.05, 3.63) is 95.1 Å². The number of nitrogens with one attached hydrogen (secondary N) is 1. The van der Waals surface area contributed by atoms with Crippen molar-refractivity contribution < 1.29 is 19.4 Å². The van der Waals surface area contributed by atoms with Crippen LogP contribution < -0.4 is 5.32 Å². The molecule has 5 heteroatoms. The monoisotopic (exact) mass is 375 g/mol. The molecule has 5 nitrogen and oxygen atoms in total. The van der Waals surface area contributed by atoms with Gasteiger partial charge < -0.3 is 15.2 Å². The number of esters is 1. The number of phenols is 1. The molecule has 142 valence electrons. The summed E-state index contributed by atoms with van der Waals surface area (Å²) in [6.07, 6.45) is -1.16. The van der Waals surface area contributed by atoms with Crippen LogP contribution in [0, 0.1) is 13.8 Å². The molecule has 0 heterocycles. The molecule has 0 fully saturated rings. The van der Waals surface area contributed by atoms with Gasteiger partial charge in [0, 0.05) is 11.3 Å². The van der Waals surface area contributed by atoms with Gasteiger partial charge >= 0.3 is 5.97 Å². The molecule has 2 N–H and O–H groups in total. The van der Waals surface area contributed by atoms with Gasteiger partial charge in [-0.15, -0.1) is 0 Å². The Labute approximate surface area is 163 Å². The first kappa shape index (κ1) is 19.2. The normalized spacial score (nSPS) is 11.5. The topological polar surface area (TPSA) is 75.6 Å². The van der Waals surface area contributed by atoms with Gasteiger partial charge in [0.2, 0.25) is 6.10 Å². The Hall–Kier alpha value is -3.60. The first-order chi connectivity index (χ1) is 13.5. The molecule has 0 saturated heterocycles. The van der Waals surface area contributed by atoms with Crippen molar-refractivity contribution >= 4 is 17.6 Å². The Balaban J connectivity index is 1.89. The molecule has 0 spiro atoms. The van der Waals surface area contributed by atoms with E-state index in [0.29, 0.717) is 11.3 Å². The second-order valence-corrected chi connectivity index (χ2v) is 6.52. The summed E-state index contributed by atoms with van der Waals surface area (Å²) < 4.78 is 5.50. The van der Waals surface area contributed by atoms with Crippen molar-refractivity contribution in [2.45, 2.75) is 20.0 Å². The summed E-state index contributed by atoms with van der Waals surface area (Å²) in [7, 11) is 0. The van der Waals surface area contributed by atoms with E-state index in [1.807, 2.05) is 38.1 Å². The predicted molar refractivity (Wildman–Crippen MR) is 107 cm³/mol. The largest absolute Gasteiger partial charge is 0.507 e. The predicted octanol–water partition coefficient (Wildman–Crippen LogP) is 4.55. The lowest BCUT2D eigenvalue weighted by Crippen LogP contribution is -2.26. The van der Waals surface area contributed by atoms with Crippen molar-refractivity contribution in [2.24, 2.45) is 0 Å². The number of carbonyl (C=O) groups is 2. The number of para-hydroxylation sites is 1. The number of anilines is 1. The molecule has 0 aliphatic rings. The Bertz CT molecular complexity index is 998. The lowest BCUT2D eigenvalue weighted by atomic mass is 10.1. The number of hydrogen-bond donors (Lipinski definition) is 2. The van der Waals surface area contributed by atoms with Crippen LogP contribution in [0.15, 0.2) is 72.8 Å². The van der Waals surface area contributed by atoms with E-state index in [4.69, 9.17) is 4.74 Å². The number of ether oxygens (including phenoxy) is 1. The average Bonchev–Trinajstić information content (AvgIpc) is 2.69. The second-order valence-electron chi connectivity index (χ2n) is 6.52. The van der Waals surface area contributed by atoms with Crippen molar-refractivity contribution in [3.8, 4) is 5.75 Å². The van der Waals surface area contributed by atoms with E-state index in [9.17, 15) is 14.7 Å². The van der Waals surface area contributed by atoms with Gasteiger partial charge in [0.1, 0.15) is 11.3 Å². The first-order valence-corrected chi connectivity index (χ1v) is 8.88. The third-order valence-electron chi connectivity index (χ3n) is 4.34. The summed E-state index contributed by atoms with van der Waals surface area (Å²) in [5, 5.41) is 12.7. The van der Waals surface area contributed by atoms with Crippen molar-refractivity contribution in [3.63, 3.8) is 0 Å². The lowest BCUT2D eigenvalue weighted by Gasteiger charge is -2.19. The van der Waals surface area contributed by atoms with Crippen LogP contribution in [-0.4, -0.2) is 17.0 Å². The maximum atomic E-state index is 13.0. The molecule has 3 aromatic rings. The quantitative estimate of drug-likeness (QED) is 0.642. The summed E-state index contributed by atoms with van der Waals surface area (Å²) in [5.41, 5.74) is 3.10. The zero-order valence-corrected chi connectivity index (χ0v) is 15.7. The third-order valence-corrected chi connectivity index (χ3v) is 4.34. The molecule has 0 unspecified atom stereocenters. The highest BCUT2D eigenvalue weighted by atomic mass is 16.5. The number of benzene rings is 3. The highest BCUT2D eigenvalue weighted by molar-refractivity contribution is 5.99. The van der Waals surface area contributed by atoms with E-state index < -0.39 is 18.0 Å². The van der Waals surface area contributed by atoms with Gasteiger partial charge in [-0.25, -0.2) is 4.79 Å². The highest BCUT2D eigenvalue weighted by Gasteiger charge is 2.27. The third kappa shape index (κ3) is 4.38. The van der Waals surface area contributed by atoms with E-state index in [0.717, 1.165) is 11.1 Å². The zero-order valence-electron chi connectivity index (χ0n) is 15.7. The van der Waals surface area contributed by atoms with Crippen LogP contribution in [0.1, 0.15) is 33.2 Å². The standard InChI is InChI=1S/C23H21NO4/c1-15-12-13-16(2)19(14-15)24-22(26)21(17-8-4-3-5-9-17)28-23(27)18-10-6-7-11-20(18)25/h3-14,21,25H,1-2H3,(H,24,26)/t21-/m1/s1. The lowest BCUT2D eigenvalue weighted by molar-refractivity contribution is -0.125. The molecule has 0 saturated carbocycles. The molecule has 0 aliphatic heterocycles. The minimum Gasteiger partial charge on any atom is -0.507 e. The summed E-state index contributed by atoms with van der Waals surface area (Å²) in [4.78, 5) is 25.5. The molecular formula is C23H21NO4. The van der Waals surface area contributed by atoms with Crippen molar-refractivity contribution in [2.75, 3.05) is 5.32 Å². The molecule has 0 bridgehead atoms. The van der Waals surface area contributed by atoms with Crippen LogP contribution in [0.25, 0.3) is 0 Å². The van der Waals surface area contributed by atoms with Crippen LogP contribution in [0.4, 0.5) is 5.69 Å². The molecule has 1 amide bonds. The number of carbonyl (C=O) groups excluding carboxylic acids is 2. The van der Waals surface area contributed by atoms with E-state index in [1.165, 1.54) is 12.1 Å². The molecule has 1 atom stereocenters. The van der Waals surface area contributed by atoms with Gasteiger partial charge in [-0.05, 0) is 43.2 Å². The van der Waals surface area contributed by atoms with E-state index in [-0.39, 0.29) is 11.3 Å². The van der Waals surface area contributed by atoms with Gasteiger partial charge in [-0.1, -0.05) is 54.6 Å². The molecule has 0 radical (unpaired) electrons. The SMILES string of the molecule is Cc1ccc(C)c(NC(=O)[C@H](OC(=O)c2ccccc2O)c2ccccc2)c1. The van der Waals surface area contributed by atoms with E-state index in [1.54, 1.807) is 36.4 Å². The smallest absolute Gasteiger partial charge is 0.343 e. The molecule has 0 aliphatic carbocycles. The number of phenolic OH excluding ortho intramolecular Hbond substituents is 1. The van der Waals surface area contributed by atoms with Crippen LogP contribution in [0.5, 0.6) is 5.75 Å². The van der Waals surface area contributed by atoms with Gasteiger partial charge in [-0.3, -0.25) is 4.79 Å². The van der Waals surface area contributed by atoms with Crippen LogP contribution in [0.3, 0.4) is 0 Å². The Kier molecular flexibility index (Phi) is 5.75. The summed E-state index contributed by atoms with van der Waals surface area (Å²) in [6.45, 7) is 3.82. The zero-order chi connectivity index (χ0) is 20.1. The molecular weight excluding hydrogens is 354 g/mol. The first-order valence-electron chi connectivity index (χ1n) is 8.88. The molecule has 3 rings (SSSR count). The maximum Gasteiger partial charge on any atom is 0.343 e. The average molecular weight is 375 g/mol. The Morgan fingerprint density at radius 1 is 0.929 bits per heavy atom. The maximum absolute atomic E-state index is 13.0. The second kappa shape index (κ2) is 8.39. The van der Waals surface area contributed by atoms with Gasteiger partial charge in [-0.2, -0.15) is 0 Å². The minimum atomic E-state index is -1.16. The van der Waals surface area contributed by atoms with Gasteiger partial charge in [0.15, 0.2) is 0 Å². The highest BCUT2D eigenvalue weighted by Crippen LogP contribution is 2.25. The van der Waals surface area contributed by atoms with Crippen molar-refractivity contribution in [1.29, 1.82) is 0 Å². The van der Waals surface area contributed by atoms with Gasteiger partial charge in [0.05, 0.1) is 0 Å². The fraction of sp³-hybridized carbons (Fsp3) is 0.130. The minimum absolute atomic E-state index is 0.00275. The number of aryl methyl sites for hydroxylation is 2. The Morgan fingerprint density at radius 3 is 2.32 bits per heavy atom. The van der Waals surface area contributed by atoms with Crippen LogP contribution >= 0.6 is 0 Å². The van der Waals surface area contributed by atoms with E-state index in [2.05, 4.69) is 5.32 Å². The number of amides is 1. The molecule has 0 aromatic heterocycles. The van der Waals surface area contributed by atoms with Crippen LogP contribution in [0.2, 0.25) is 0 Å². The number of rotatable bonds is 5. The fourth-order valence-corrected chi connectivity index (χ4v) is 2.79.